The van der Waals surface area contributed by atoms with Gasteiger partial charge in [0.15, 0.2) is 11.5 Å². The maximum atomic E-state index is 12.7. The Bertz CT molecular complexity index is 974. The molecule has 1 unspecified atom stereocenters. The molecule has 2 aromatic carbocycles. The van der Waals surface area contributed by atoms with Gasteiger partial charge >= 0.3 is 0 Å². The lowest BCUT2D eigenvalue weighted by atomic mass is 10.1. The van der Waals surface area contributed by atoms with Gasteiger partial charge in [0.1, 0.15) is 6.04 Å². The number of nitrogens with zero attached hydrogens (tertiary/aromatic N) is 1. The first-order chi connectivity index (χ1) is 14.7. The first-order valence-corrected chi connectivity index (χ1v) is 12.1. The van der Waals surface area contributed by atoms with E-state index in [1.807, 2.05) is 37.3 Å². The Morgan fingerprint density at radius 1 is 1.03 bits per heavy atom. The maximum Gasteiger partial charge on any atom is 0.243 e. The number of carbonyl (C=O) groups excluding carboxylic acids is 1. The normalized spacial score (nSPS) is 12.2. The third-order valence-corrected chi connectivity index (χ3v) is 6.32. The summed E-state index contributed by atoms with van der Waals surface area (Å²) in [4.78, 5) is 12.7. The highest BCUT2D eigenvalue weighted by Gasteiger charge is 2.28. The van der Waals surface area contributed by atoms with Gasteiger partial charge in [-0.15, -0.1) is 0 Å². The number of carbonyl (C=O) groups is 1. The fourth-order valence-corrected chi connectivity index (χ4v) is 4.55. The third kappa shape index (κ3) is 6.62. The Morgan fingerprint density at radius 2 is 1.65 bits per heavy atom. The van der Waals surface area contributed by atoms with Crippen molar-refractivity contribution >= 4 is 21.6 Å². The largest absolute Gasteiger partial charge is 0.493 e. The lowest BCUT2D eigenvalue weighted by molar-refractivity contribution is -0.121. The summed E-state index contributed by atoms with van der Waals surface area (Å²) in [5, 5.41) is 2.85. The van der Waals surface area contributed by atoms with Gasteiger partial charge in [-0.3, -0.25) is 9.10 Å². The highest BCUT2D eigenvalue weighted by molar-refractivity contribution is 7.92. The molecule has 0 aliphatic heterocycles. The van der Waals surface area contributed by atoms with Crippen molar-refractivity contribution in [1.82, 2.24) is 5.32 Å². The number of sulfonamides is 1. The van der Waals surface area contributed by atoms with Crippen LogP contribution in [0.3, 0.4) is 0 Å². The second-order valence-corrected chi connectivity index (χ2v) is 9.20. The van der Waals surface area contributed by atoms with Crippen LogP contribution in [0.4, 0.5) is 5.69 Å². The van der Waals surface area contributed by atoms with Crippen LogP contribution in [0.25, 0.3) is 0 Å². The molecule has 0 bridgehead atoms. The van der Waals surface area contributed by atoms with E-state index < -0.39 is 16.1 Å². The molecular weight excluding hydrogens is 416 g/mol. The number of hydrogen-bond donors (Lipinski definition) is 1. The fourth-order valence-electron chi connectivity index (χ4n) is 3.38. The number of methoxy groups -OCH3 is 2. The summed E-state index contributed by atoms with van der Waals surface area (Å²) in [6, 6.07) is 12.1. The first-order valence-electron chi connectivity index (χ1n) is 10.3. The molecule has 7 nitrogen and oxygen atoms in total. The van der Waals surface area contributed by atoms with Gasteiger partial charge in [-0.2, -0.15) is 0 Å². The Morgan fingerprint density at radius 3 is 2.19 bits per heavy atom. The number of rotatable bonds is 11. The Labute approximate surface area is 185 Å². The molecule has 31 heavy (non-hydrogen) atoms. The number of nitrogens with one attached hydrogen (secondary N) is 1. The topological polar surface area (TPSA) is 84.9 Å². The van der Waals surface area contributed by atoms with Crippen LogP contribution < -0.4 is 19.1 Å². The minimum Gasteiger partial charge on any atom is -0.493 e. The molecule has 1 atom stereocenters. The van der Waals surface area contributed by atoms with Crippen LogP contribution >= 0.6 is 0 Å². The molecule has 8 heteroatoms. The van der Waals surface area contributed by atoms with Crippen molar-refractivity contribution in [1.29, 1.82) is 0 Å². The van der Waals surface area contributed by atoms with E-state index in [-0.39, 0.29) is 5.91 Å². The maximum absolute atomic E-state index is 12.7. The van der Waals surface area contributed by atoms with Gasteiger partial charge in [0.25, 0.3) is 0 Å². The molecule has 0 aromatic heterocycles. The minimum absolute atomic E-state index is 0.336. The Balaban J connectivity index is 1.98. The molecule has 0 spiro atoms. The van der Waals surface area contributed by atoms with Crippen molar-refractivity contribution in [3.05, 3.63) is 53.6 Å². The summed E-state index contributed by atoms with van der Waals surface area (Å²) >= 11 is 0. The molecule has 0 aliphatic carbocycles. The van der Waals surface area contributed by atoms with Crippen molar-refractivity contribution in [2.75, 3.05) is 31.3 Å². The molecule has 0 radical (unpaired) electrons. The summed E-state index contributed by atoms with van der Waals surface area (Å²) in [6.07, 6.45) is 3.41. The fraction of sp³-hybridized carbons (Fsp3) is 0.435. The van der Waals surface area contributed by atoms with Gasteiger partial charge < -0.3 is 14.8 Å². The van der Waals surface area contributed by atoms with Gasteiger partial charge in [-0.05, 0) is 61.6 Å². The van der Waals surface area contributed by atoms with Gasteiger partial charge in [0.05, 0.1) is 26.2 Å². The predicted molar refractivity (Wildman–Crippen MR) is 123 cm³/mol. The smallest absolute Gasteiger partial charge is 0.243 e. The minimum atomic E-state index is -3.62. The van der Waals surface area contributed by atoms with E-state index in [9.17, 15) is 13.2 Å². The van der Waals surface area contributed by atoms with Crippen LogP contribution in [0.15, 0.2) is 42.5 Å². The summed E-state index contributed by atoms with van der Waals surface area (Å²) < 4.78 is 36.5. The molecule has 0 saturated heterocycles. The molecule has 1 N–H and O–H groups in total. The van der Waals surface area contributed by atoms with E-state index in [0.717, 1.165) is 34.5 Å². The van der Waals surface area contributed by atoms with Gasteiger partial charge in [-0.1, -0.05) is 25.1 Å². The lowest BCUT2D eigenvalue weighted by Crippen LogP contribution is -2.48. The zero-order valence-corrected chi connectivity index (χ0v) is 19.7. The molecule has 1 amide bonds. The Hall–Kier alpha value is -2.74. The highest BCUT2D eigenvalue weighted by atomic mass is 32.2. The summed E-state index contributed by atoms with van der Waals surface area (Å²) in [5.41, 5.74) is 2.64. The standard InChI is InChI=1S/C23H32N2O5S/c1-6-18-9-12-20(13-10-18)25(31(5,27)28)17(2)23(26)24-15-7-8-19-11-14-21(29-3)22(16-19)30-4/h9-14,16-17H,6-8,15H2,1-5H3,(H,24,26). The van der Waals surface area contributed by atoms with Crippen LogP contribution in [0.2, 0.25) is 0 Å². The molecule has 0 heterocycles. The van der Waals surface area contributed by atoms with Crippen molar-refractivity contribution in [2.24, 2.45) is 0 Å². The molecule has 2 aromatic rings. The predicted octanol–water partition coefficient (Wildman–Crippen LogP) is 3.17. The van der Waals surface area contributed by atoms with Gasteiger partial charge in [0.2, 0.25) is 15.9 Å². The van der Waals surface area contributed by atoms with Crippen LogP contribution in [0.1, 0.15) is 31.4 Å². The number of aryl methyl sites for hydroxylation is 2. The van der Waals surface area contributed by atoms with E-state index >= 15 is 0 Å². The molecule has 0 aliphatic rings. The molecular formula is C23H32N2O5S. The zero-order valence-electron chi connectivity index (χ0n) is 18.8. The van der Waals surface area contributed by atoms with Gasteiger partial charge in [-0.25, -0.2) is 8.42 Å². The number of hydrogen-bond acceptors (Lipinski definition) is 5. The van der Waals surface area contributed by atoms with E-state index in [2.05, 4.69) is 5.32 Å². The van der Waals surface area contributed by atoms with E-state index in [1.54, 1.807) is 33.3 Å². The van der Waals surface area contributed by atoms with E-state index in [4.69, 9.17) is 9.47 Å². The van der Waals surface area contributed by atoms with Crippen LogP contribution in [0.5, 0.6) is 11.5 Å². The average molecular weight is 449 g/mol. The quantitative estimate of drug-likeness (QED) is 0.534. The second kappa shape index (κ2) is 11.0. The number of amides is 1. The van der Waals surface area contributed by atoms with Crippen molar-refractivity contribution in [3.63, 3.8) is 0 Å². The van der Waals surface area contributed by atoms with E-state index in [0.29, 0.717) is 30.2 Å². The number of anilines is 1. The highest BCUT2D eigenvalue weighted by Crippen LogP contribution is 2.28. The summed E-state index contributed by atoms with van der Waals surface area (Å²) in [7, 11) is -0.444. The summed E-state index contributed by atoms with van der Waals surface area (Å²) in [6.45, 7) is 4.06. The molecule has 0 fully saturated rings. The second-order valence-electron chi connectivity index (χ2n) is 7.34. The van der Waals surface area contributed by atoms with Gasteiger partial charge in [0, 0.05) is 6.54 Å². The van der Waals surface area contributed by atoms with Crippen LogP contribution in [-0.2, 0) is 27.7 Å². The first kappa shape index (κ1) is 24.5. The Kier molecular flexibility index (Phi) is 8.74. The third-order valence-electron chi connectivity index (χ3n) is 5.08. The number of benzene rings is 2. The van der Waals surface area contributed by atoms with Crippen molar-refractivity contribution in [3.8, 4) is 11.5 Å². The average Bonchev–Trinajstić information content (AvgIpc) is 2.75. The molecule has 2 rings (SSSR count). The summed E-state index contributed by atoms with van der Waals surface area (Å²) in [5.74, 6) is 0.995. The van der Waals surface area contributed by atoms with Crippen molar-refractivity contribution < 1.29 is 22.7 Å². The monoisotopic (exact) mass is 448 g/mol. The molecule has 170 valence electrons. The zero-order chi connectivity index (χ0) is 23.0. The SMILES string of the molecule is CCc1ccc(N(C(C)C(=O)NCCCc2ccc(OC)c(OC)c2)S(C)(=O)=O)cc1. The van der Waals surface area contributed by atoms with Crippen molar-refractivity contribution in [2.45, 2.75) is 39.2 Å². The van der Waals surface area contributed by atoms with Crippen LogP contribution in [0, 0.1) is 0 Å². The van der Waals surface area contributed by atoms with E-state index in [1.165, 1.54) is 0 Å². The lowest BCUT2D eigenvalue weighted by Gasteiger charge is -2.28. The molecule has 0 saturated carbocycles. The number of ether oxygens (including phenoxy) is 2. The van der Waals surface area contributed by atoms with Crippen LogP contribution in [-0.4, -0.2) is 47.4 Å².